The van der Waals surface area contributed by atoms with Gasteiger partial charge < -0.3 is 4.74 Å². The second-order valence-corrected chi connectivity index (χ2v) is 6.99. The molecule has 0 heterocycles. The Morgan fingerprint density at radius 3 is 2.15 bits per heavy atom. The summed E-state index contributed by atoms with van der Waals surface area (Å²) in [4.78, 5) is 0. The Balaban J connectivity index is 2.21. The van der Waals surface area contributed by atoms with Gasteiger partial charge in [-0.2, -0.15) is 0 Å². The first-order chi connectivity index (χ1) is 9.57. The van der Waals surface area contributed by atoms with E-state index < -0.39 is 0 Å². The van der Waals surface area contributed by atoms with Crippen molar-refractivity contribution < 1.29 is 4.74 Å². The summed E-state index contributed by atoms with van der Waals surface area (Å²) >= 11 is 10.7. The maximum absolute atomic E-state index is 6.21. The Bertz CT molecular complexity index is 585. The topological polar surface area (TPSA) is 9.23 Å². The molecule has 2 aromatic rings. The maximum Gasteiger partial charge on any atom is 0.101 e. The first kappa shape index (κ1) is 16.2. The van der Waals surface area contributed by atoms with Crippen LogP contribution in [0.15, 0.2) is 57.5 Å². The zero-order valence-corrected chi connectivity index (χ0v) is 15.8. The van der Waals surface area contributed by atoms with Gasteiger partial charge in [-0.3, -0.25) is 0 Å². The second kappa shape index (κ2) is 7.21. The molecule has 4 heteroatoms. The van der Waals surface area contributed by atoms with Crippen LogP contribution in [0.25, 0.3) is 0 Å². The van der Waals surface area contributed by atoms with Gasteiger partial charge in [0.25, 0.3) is 0 Å². The minimum absolute atomic E-state index is 0.380. The Labute approximate surface area is 145 Å². The van der Waals surface area contributed by atoms with Crippen LogP contribution in [0.5, 0.6) is 0 Å². The molecular formula is C16H15Br3O. The van der Waals surface area contributed by atoms with Crippen molar-refractivity contribution in [1.29, 1.82) is 0 Å². The molecule has 0 aliphatic rings. The van der Waals surface area contributed by atoms with Crippen LogP contribution >= 0.6 is 47.8 Å². The largest absolute Gasteiger partial charge is 0.365 e. The van der Waals surface area contributed by atoms with E-state index in [1.165, 1.54) is 0 Å². The molecule has 0 aromatic heterocycles. The van der Waals surface area contributed by atoms with Gasteiger partial charge in [-0.15, -0.1) is 0 Å². The third-order valence-corrected chi connectivity index (χ3v) is 5.74. The highest BCUT2D eigenvalue weighted by molar-refractivity contribution is 9.11. The molecule has 0 amide bonds. The quantitative estimate of drug-likeness (QED) is 0.492. The van der Waals surface area contributed by atoms with E-state index in [-0.39, 0.29) is 5.60 Å². The lowest BCUT2D eigenvalue weighted by atomic mass is 9.98. The summed E-state index contributed by atoms with van der Waals surface area (Å²) in [5, 5.41) is 0.729. The van der Waals surface area contributed by atoms with E-state index in [1.54, 1.807) is 0 Å². The Morgan fingerprint density at radius 2 is 1.55 bits per heavy atom. The fourth-order valence-corrected chi connectivity index (χ4v) is 3.50. The van der Waals surface area contributed by atoms with Crippen molar-refractivity contribution in [3.8, 4) is 0 Å². The molecule has 0 aliphatic heterocycles. The third-order valence-electron chi connectivity index (χ3n) is 3.20. The van der Waals surface area contributed by atoms with Crippen molar-refractivity contribution in [2.75, 3.05) is 5.33 Å². The fourth-order valence-electron chi connectivity index (χ4n) is 1.93. The summed E-state index contributed by atoms with van der Waals surface area (Å²) in [5.74, 6) is 0. The third kappa shape index (κ3) is 3.73. The lowest BCUT2D eigenvalue weighted by molar-refractivity contribution is -0.0296. The lowest BCUT2D eigenvalue weighted by Gasteiger charge is -2.29. The number of benzene rings is 2. The summed E-state index contributed by atoms with van der Waals surface area (Å²) in [7, 11) is 0. The zero-order chi connectivity index (χ0) is 14.6. The predicted octanol–water partition coefficient (Wildman–Crippen LogP) is 6.04. The molecule has 1 unspecified atom stereocenters. The van der Waals surface area contributed by atoms with Gasteiger partial charge in [-0.25, -0.2) is 0 Å². The van der Waals surface area contributed by atoms with Crippen LogP contribution in [0, 0.1) is 0 Å². The monoisotopic (exact) mass is 460 g/mol. The van der Waals surface area contributed by atoms with Crippen molar-refractivity contribution in [1.82, 2.24) is 0 Å². The highest BCUT2D eigenvalue weighted by Gasteiger charge is 2.28. The molecule has 1 nitrogen and oxygen atoms in total. The van der Waals surface area contributed by atoms with Gasteiger partial charge in [-0.1, -0.05) is 84.2 Å². The highest BCUT2D eigenvalue weighted by atomic mass is 79.9. The van der Waals surface area contributed by atoms with Crippen molar-refractivity contribution in [2.45, 2.75) is 19.1 Å². The zero-order valence-electron chi connectivity index (χ0n) is 11.1. The van der Waals surface area contributed by atoms with Crippen molar-refractivity contribution in [3.05, 3.63) is 68.6 Å². The first-order valence-corrected chi connectivity index (χ1v) is 8.96. The number of ether oxygens (including phenoxy) is 1. The molecule has 2 rings (SSSR count). The average Bonchev–Trinajstić information content (AvgIpc) is 2.46. The molecule has 0 radical (unpaired) electrons. The molecule has 0 saturated carbocycles. The maximum atomic E-state index is 6.21. The molecule has 1 atom stereocenters. The molecule has 20 heavy (non-hydrogen) atoms. The average molecular weight is 463 g/mol. The van der Waals surface area contributed by atoms with Crippen LogP contribution < -0.4 is 0 Å². The summed E-state index contributed by atoms with van der Waals surface area (Å²) in [5.41, 5.74) is 1.91. The number of rotatable bonds is 5. The number of halogens is 3. The van der Waals surface area contributed by atoms with Gasteiger partial charge in [0.15, 0.2) is 0 Å². The summed E-state index contributed by atoms with van der Waals surface area (Å²) in [6.45, 7) is 2.66. The van der Waals surface area contributed by atoms with Crippen LogP contribution in [-0.2, 0) is 16.9 Å². The predicted molar refractivity (Wildman–Crippen MR) is 94.2 cm³/mol. The molecule has 0 bridgehead atoms. The second-order valence-electron chi connectivity index (χ2n) is 4.72. The van der Waals surface area contributed by atoms with E-state index in [1.807, 2.05) is 36.4 Å². The van der Waals surface area contributed by atoms with Crippen LogP contribution in [0.3, 0.4) is 0 Å². The first-order valence-electron chi connectivity index (χ1n) is 6.25. The van der Waals surface area contributed by atoms with Crippen molar-refractivity contribution >= 4 is 47.8 Å². The lowest BCUT2D eigenvalue weighted by Crippen LogP contribution is -2.28. The Hall–Kier alpha value is -0.160. The van der Waals surface area contributed by atoms with Crippen LogP contribution in [0.2, 0.25) is 0 Å². The minimum atomic E-state index is -0.380. The van der Waals surface area contributed by atoms with E-state index in [4.69, 9.17) is 4.74 Å². The molecule has 0 saturated heterocycles. The standard InChI is InChI=1S/C16H15Br3O/c1-16(11-17,13-7-3-5-9-15(13)19)20-10-12-6-2-4-8-14(12)18/h2-9H,10-11H2,1H3. The molecule has 0 aliphatic carbocycles. The molecule has 0 N–H and O–H groups in total. The minimum Gasteiger partial charge on any atom is -0.365 e. The number of hydrogen-bond acceptors (Lipinski definition) is 1. The van der Waals surface area contributed by atoms with E-state index in [2.05, 4.69) is 66.8 Å². The molecule has 0 fully saturated rings. The van der Waals surface area contributed by atoms with Gasteiger partial charge in [0.2, 0.25) is 0 Å². The van der Waals surface area contributed by atoms with Gasteiger partial charge in [-0.05, 0) is 30.2 Å². The summed E-state index contributed by atoms with van der Waals surface area (Å²) in [6, 6.07) is 16.3. The summed E-state index contributed by atoms with van der Waals surface area (Å²) in [6.07, 6.45) is 0. The number of alkyl halides is 1. The van der Waals surface area contributed by atoms with E-state index in [0.717, 1.165) is 25.4 Å². The number of hydrogen-bond donors (Lipinski definition) is 0. The molecule has 0 spiro atoms. The van der Waals surface area contributed by atoms with Crippen LogP contribution in [0.1, 0.15) is 18.1 Å². The molecule has 2 aromatic carbocycles. The van der Waals surface area contributed by atoms with E-state index in [9.17, 15) is 0 Å². The SMILES string of the molecule is CC(CBr)(OCc1ccccc1Br)c1ccccc1Br. The van der Waals surface area contributed by atoms with Gasteiger partial charge in [0.05, 0.1) is 6.61 Å². The van der Waals surface area contributed by atoms with Gasteiger partial charge in [0.1, 0.15) is 5.60 Å². The van der Waals surface area contributed by atoms with Crippen molar-refractivity contribution in [2.24, 2.45) is 0 Å². The fraction of sp³-hybridized carbons (Fsp3) is 0.250. The van der Waals surface area contributed by atoms with Crippen molar-refractivity contribution in [3.63, 3.8) is 0 Å². The molecular weight excluding hydrogens is 448 g/mol. The van der Waals surface area contributed by atoms with Crippen LogP contribution in [-0.4, -0.2) is 5.33 Å². The van der Waals surface area contributed by atoms with Gasteiger partial charge in [0, 0.05) is 14.3 Å². The molecule has 106 valence electrons. The Kier molecular flexibility index (Phi) is 5.84. The van der Waals surface area contributed by atoms with Gasteiger partial charge >= 0.3 is 0 Å². The highest BCUT2D eigenvalue weighted by Crippen LogP contribution is 2.34. The smallest absolute Gasteiger partial charge is 0.101 e. The summed E-state index contributed by atoms with van der Waals surface area (Å²) < 4.78 is 8.34. The Morgan fingerprint density at radius 1 is 0.950 bits per heavy atom. The van der Waals surface area contributed by atoms with Crippen LogP contribution in [0.4, 0.5) is 0 Å². The normalized spacial score (nSPS) is 14.0. The van der Waals surface area contributed by atoms with E-state index in [0.29, 0.717) is 6.61 Å². The van der Waals surface area contributed by atoms with E-state index >= 15 is 0 Å².